The van der Waals surface area contributed by atoms with Gasteiger partial charge in [-0.2, -0.15) is 0 Å². The first-order chi connectivity index (χ1) is 12.7. The summed E-state index contributed by atoms with van der Waals surface area (Å²) in [7, 11) is 0. The molecule has 4 aliphatic heterocycles. The third-order valence-electron chi connectivity index (χ3n) is 6.88. The van der Waals surface area contributed by atoms with Gasteiger partial charge in [-0.25, -0.2) is 9.78 Å². The van der Waals surface area contributed by atoms with Gasteiger partial charge in [-0.15, -0.1) is 0 Å². The van der Waals surface area contributed by atoms with Crippen molar-refractivity contribution in [3.8, 4) is 0 Å². The summed E-state index contributed by atoms with van der Waals surface area (Å²) in [4.78, 5) is 34.4. The molecule has 9 heteroatoms. The molecule has 5 fully saturated rings. The zero-order valence-corrected chi connectivity index (χ0v) is 19.0. The maximum atomic E-state index is 12.0. The summed E-state index contributed by atoms with van der Waals surface area (Å²) in [5.74, 6) is -2.17. The van der Waals surface area contributed by atoms with Gasteiger partial charge in [-0.1, -0.05) is 13.8 Å². The smallest absolute Gasteiger partial charge is 0.550 e. The standard InChI is InChI=1S/C19H28O8.Na/c1-10-4-5-13-11(2)16(23-15(22)7-6-14(20)21)24-17-19(13)12(10)8-9-18(3,25-17)26-27-19;/h10-13,16-17H,4-9H2,1-3H3,(H,20,21);/q;+1/p-1/t10?,11-,12?,13?,16?,17?,18?,19-;/m1./s1. The van der Waals surface area contributed by atoms with E-state index in [4.69, 9.17) is 24.0 Å². The minimum atomic E-state index is -1.28. The summed E-state index contributed by atoms with van der Waals surface area (Å²) >= 11 is 0. The second-order valence-corrected chi connectivity index (χ2v) is 8.64. The molecule has 1 spiro atoms. The van der Waals surface area contributed by atoms with Crippen molar-refractivity contribution in [2.75, 3.05) is 0 Å². The van der Waals surface area contributed by atoms with Crippen LogP contribution in [0.3, 0.4) is 0 Å². The molecule has 8 atom stereocenters. The van der Waals surface area contributed by atoms with Crippen LogP contribution in [-0.2, 0) is 33.6 Å². The third kappa shape index (κ3) is 3.66. The van der Waals surface area contributed by atoms with E-state index < -0.39 is 35.9 Å². The van der Waals surface area contributed by atoms with Crippen molar-refractivity contribution >= 4 is 11.9 Å². The Bertz CT molecular complexity index is 629. The topological polar surface area (TPSA) is 103 Å². The fourth-order valence-electron chi connectivity index (χ4n) is 5.40. The molecule has 0 aromatic rings. The average Bonchev–Trinajstić information content (AvgIpc) is 2.84. The Morgan fingerprint density at radius 3 is 2.57 bits per heavy atom. The number of esters is 1. The number of ether oxygens (including phenoxy) is 3. The van der Waals surface area contributed by atoms with Crippen LogP contribution in [-0.4, -0.2) is 35.9 Å². The summed E-state index contributed by atoms with van der Waals surface area (Å²) in [6, 6.07) is 0. The van der Waals surface area contributed by atoms with Gasteiger partial charge >= 0.3 is 35.5 Å². The maximum absolute atomic E-state index is 12.0. The molecular weight excluding hydrogens is 379 g/mol. The summed E-state index contributed by atoms with van der Waals surface area (Å²) in [5, 5.41) is 10.6. The normalized spacial score (nSPS) is 46.7. The van der Waals surface area contributed by atoms with Gasteiger partial charge in [0.05, 0.1) is 6.42 Å². The molecule has 4 heterocycles. The Morgan fingerprint density at radius 1 is 1.11 bits per heavy atom. The second kappa shape index (κ2) is 8.13. The number of carbonyl (C=O) groups excluding carboxylic acids is 2. The van der Waals surface area contributed by atoms with Crippen LogP contribution in [0.2, 0.25) is 0 Å². The van der Waals surface area contributed by atoms with E-state index in [1.165, 1.54) is 0 Å². The van der Waals surface area contributed by atoms with Gasteiger partial charge in [-0.3, -0.25) is 4.79 Å². The van der Waals surface area contributed by atoms with Gasteiger partial charge in [0.25, 0.3) is 0 Å². The van der Waals surface area contributed by atoms with Crippen LogP contribution in [0.1, 0.15) is 59.3 Å². The molecule has 0 N–H and O–H groups in total. The van der Waals surface area contributed by atoms with E-state index in [-0.39, 0.29) is 60.2 Å². The minimum absolute atomic E-state index is 0. The predicted octanol–water partition coefficient (Wildman–Crippen LogP) is -1.73. The van der Waals surface area contributed by atoms with Crippen molar-refractivity contribution in [2.45, 2.75) is 83.3 Å². The molecule has 1 saturated carbocycles. The van der Waals surface area contributed by atoms with E-state index in [0.29, 0.717) is 12.3 Å². The van der Waals surface area contributed by atoms with Crippen LogP contribution in [0.15, 0.2) is 0 Å². The number of carbonyl (C=O) groups is 2. The number of carboxylic acids is 1. The van der Waals surface area contributed by atoms with Crippen LogP contribution < -0.4 is 34.7 Å². The molecule has 5 rings (SSSR count). The second-order valence-electron chi connectivity index (χ2n) is 8.64. The molecule has 0 aromatic carbocycles. The molecule has 8 nitrogen and oxygen atoms in total. The molecule has 0 aromatic heterocycles. The minimum Gasteiger partial charge on any atom is -0.550 e. The first kappa shape index (κ1) is 22.5. The molecule has 0 amide bonds. The summed E-state index contributed by atoms with van der Waals surface area (Å²) in [6.45, 7) is 6.04. The molecule has 6 unspecified atom stereocenters. The number of hydrogen-bond donors (Lipinski definition) is 0. The van der Waals surface area contributed by atoms with Crippen molar-refractivity contribution in [1.29, 1.82) is 0 Å². The fraction of sp³-hybridized carbons (Fsp3) is 0.895. The molecule has 1 aliphatic carbocycles. The molecule has 0 radical (unpaired) electrons. The Kier molecular flexibility index (Phi) is 6.53. The van der Waals surface area contributed by atoms with Gasteiger partial charge < -0.3 is 24.1 Å². The van der Waals surface area contributed by atoms with Crippen LogP contribution in [0.5, 0.6) is 0 Å². The van der Waals surface area contributed by atoms with Gasteiger partial charge in [0.1, 0.15) is 0 Å². The van der Waals surface area contributed by atoms with Crippen molar-refractivity contribution in [3.63, 3.8) is 0 Å². The number of fused-ring (bicyclic) bond motifs is 2. The van der Waals surface area contributed by atoms with E-state index >= 15 is 0 Å². The maximum Gasteiger partial charge on any atom is 1.00 e. The van der Waals surface area contributed by atoms with Gasteiger partial charge in [0.2, 0.25) is 12.1 Å². The van der Waals surface area contributed by atoms with E-state index in [2.05, 4.69) is 6.92 Å². The molecular formula is C19H27NaO8. The Balaban J connectivity index is 0.00000225. The van der Waals surface area contributed by atoms with E-state index in [1.54, 1.807) is 0 Å². The SMILES string of the molecule is CC1CCC2[C@@H](C)C(OC(=O)CCC(=O)[O-])OC3OC4(C)CCC1[C@]32OO4.[Na+]. The molecule has 2 bridgehead atoms. The Hall–Kier alpha value is -0.220. The number of rotatable bonds is 4. The van der Waals surface area contributed by atoms with Crippen LogP contribution in [0, 0.1) is 23.7 Å². The molecule has 5 aliphatic rings. The van der Waals surface area contributed by atoms with Crippen molar-refractivity contribution in [1.82, 2.24) is 0 Å². The van der Waals surface area contributed by atoms with E-state index in [0.717, 1.165) is 19.3 Å². The predicted molar refractivity (Wildman–Crippen MR) is 87.2 cm³/mol. The number of aliphatic carboxylic acids is 1. The van der Waals surface area contributed by atoms with Gasteiger partial charge in [0, 0.05) is 24.2 Å². The van der Waals surface area contributed by atoms with Gasteiger partial charge in [0.15, 0.2) is 11.9 Å². The summed E-state index contributed by atoms with van der Waals surface area (Å²) in [5.41, 5.74) is -0.707. The van der Waals surface area contributed by atoms with Crippen molar-refractivity contribution in [2.24, 2.45) is 23.7 Å². The Morgan fingerprint density at radius 2 is 1.86 bits per heavy atom. The van der Waals surface area contributed by atoms with E-state index in [1.807, 2.05) is 13.8 Å². The van der Waals surface area contributed by atoms with Gasteiger partial charge in [-0.05, 0) is 44.4 Å². The number of hydrogen-bond acceptors (Lipinski definition) is 8. The summed E-state index contributed by atoms with van der Waals surface area (Å²) < 4.78 is 17.7. The molecule has 4 saturated heterocycles. The Labute approximate surface area is 186 Å². The zero-order chi connectivity index (χ0) is 19.4. The van der Waals surface area contributed by atoms with Crippen molar-refractivity contribution < 1.29 is 68.2 Å². The largest absolute Gasteiger partial charge is 1.00 e. The van der Waals surface area contributed by atoms with E-state index in [9.17, 15) is 14.7 Å². The van der Waals surface area contributed by atoms with Crippen LogP contribution in [0.4, 0.5) is 0 Å². The quantitative estimate of drug-likeness (QED) is 0.308. The van der Waals surface area contributed by atoms with Crippen LogP contribution >= 0.6 is 0 Å². The zero-order valence-electron chi connectivity index (χ0n) is 17.0. The van der Waals surface area contributed by atoms with Crippen LogP contribution in [0.25, 0.3) is 0 Å². The number of carboxylic acid groups (broad SMARTS) is 1. The third-order valence-corrected chi connectivity index (χ3v) is 6.88. The average molecular weight is 406 g/mol. The fourth-order valence-corrected chi connectivity index (χ4v) is 5.40. The first-order valence-corrected chi connectivity index (χ1v) is 9.84. The summed E-state index contributed by atoms with van der Waals surface area (Å²) in [6.07, 6.45) is 1.48. The molecule has 28 heavy (non-hydrogen) atoms. The molecule has 152 valence electrons. The monoisotopic (exact) mass is 406 g/mol. The first-order valence-electron chi connectivity index (χ1n) is 9.84. The van der Waals surface area contributed by atoms with Crippen molar-refractivity contribution in [3.05, 3.63) is 0 Å².